The van der Waals surface area contributed by atoms with Gasteiger partial charge in [-0.1, -0.05) is 12.1 Å². The zero-order valence-electron chi connectivity index (χ0n) is 16.4. The first-order chi connectivity index (χ1) is 14.4. The minimum atomic E-state index is -1.17. The molecule has 5 atom stereocenters. The average Bonchev–Trinajstić information content (AvgIpc) is 2.73. The molecule has 0 radical (unpaired) electrons. The lowest BCUT2D eigenvalue weighted by atomic mass is 10.00. The summed E-state index contributed by atoms with van der Waals surface area (Å²) in [7, 11) is 1.39. The molecule has 2 heterocycles. The molecule has 3 aromatic rings. The van der Waals surface area contributed by atoms with Gasteiger partial charge in [-0.3, -0.25) is 4.79 Å². The van der Waals surface area contributed by atoms with Gasteiger partial charge in [0, 0.05) is 13.2 Å². The number of aliphatic hydroxyl groups excluding tert-OH is 2. The highest BCUT2D eigenvalue weighted by atomic mass is 16.7. The zero-order chi connectivity index (χ0) is 21.4. The van der Waals surface area contributed by atoms with Crippen LogP contribution in [0.25, 0.3) is 22.1 Å². The molecule has 4 rings (SSSR count). The van der Waals surface area contributed by atoms with Crippen LogP contribution in [0.5, 0.6) is 11.5 Å². The largest absolute Gasteiger partial charge is 0.508 e. The van der Waals surface area contributed by atoms with Gasteiger partial charge in [0.25, 0.3) is 0 Å². The number of methoxy groups -OCH3 is 1. The number of phenolic OH excluding ortho intramolecular Hbond substituents is 1. The summed E-state index contributed by atoms with van der Waals surface area (Å²) in [6.45, 7) is 1.63. The normalized spacial score (nSPS) is 26.6. The van der Waals surface area contributed by atoms with Crippen LogP contribution in [0.15, 0.2) is 57.9 Å². The van der Waals surface area contributed by atoms with Crippen LogP contribution in [-0.4, -0.2) is 53.1 Å². The Balaban J connectivity index is 1.63. The lowest BCUT2D eigenvalue weighted by molar-refractivity contribution is -0.274. The van der Waals surface area contributed by atoms with E-state index in [4.69, 9.17) is 18.6 Å². The van der Waals surface area contributed by atoms with Gasteiger partial charge in [-0.15, -0.1) is 0 Å². The van der Waals surface area contributed by atoms with Crippen LogP contribution in [-0.2, 0) is 9.47 Å². The van der Waals surface area contributed by atoms with Crippen molar-refractivity contribution in [1.82, 2.24) is 0 Å². The maximum Gasteiger partial charge on any atom is 0.229 e. The Bertz CT molecular complexity index is 1090. The molecule has 1 aliphatic heterocycles. The van der Waals surface area contributed by atoms with Crippen LogP contribution in [0.4, 0.5) is 0 Å². The number of fused-ring (bicyclic) bond motifs is 1. The standard InChI is InChI=1S/C22H22O8/c1-11-18(24)20(26)21(27-2)22(29-11)30-14-7-8-15-17(9-14)28-10-16(19(15)25)12-3-5-13(23)6-4-12/h3-11,18,20-24,26H,1-2H3. The Morgan fingerprint density at radius 2 is 1.77 bits per heavy atom. The molecule has 3 N–H and O–H groups in total. The fourth-order valence-electron chi connectivity index (χ4n) is 3.50. The van der Waals surface area contributed by atoms with E-state index in [-0.39, 0.29) is 11.2 Å². The smallest absolute Gasteiger partial charge is 0.229 e. The highest BCUT2D eigenvalue weighted by molar-refractivity contribution is 5.82. The summed E-state index contributed by atoms with van der Waals surface area (Å²) in [5.41, 5.74) is 1.10. The van der Waals surface area contributed by atoms with Gasteiger partial charge in [0.05, 0.1) is 17.1 Å². The van der Waals surface area contributed by atoms with Crippen molar-refractivity contribution in [3.05, 3.63) is 59.0 Å². The molecule has 0 saturated carbocycles. The number of rotatable bonds is 4. The molecular weight excluding hydrogens is 392 g/mol. The first-order valence-electron chi connectivity index (χ1n) is 9.45. The van der Waals surface area contributed by atoms with E-state index in [0.717, 1.165) is 0 Å². The highest BCUT2D eigenvalue weighted by Crippen LogP contribution is 2.28. The molecule has 1 saturated heterocycles. The minimum absolute atomic E-state index is 0.108. The van der Waals surface area contributed by atoms with E-state index < -0.39 is 30.7 Å². The summed E-state index contributed by atoms with van der Waals surface area (Å²) in [6.07, 6.45) is -3.40. The van der Waals surface area contributed by atoms with Gasteiger partial charge in [-0.05, 0) is 36.8 Å². The fraction of sp³-hybridized carbons (Fsp3) is 0.318. The van der Waals surface area contributed by atoms with Crippen LogP contribution in [0.1, 0.15) is 6.92 Å². The fourth-order valence-corrected chi connectivity index (χ4v) is 3.50. The van der Waals surface area contributed by atoms with E-state index in [9.17, 15) is 20.1 Å². The number of aliphatic hydroxyl groups is 2. The van der Waals surface area contributed by atoms with Crippen LogP contribution in [0.2, 0.25) is 0 Å². The second kappa shape index (κ2) is 8.08. The summed E-state index contributed by atoms with van der Waals surface area (Å²) in [4.78, 5) is 12.9. The number of phenols is 1. The lowest BCUT2D eigenvalue weighted by Gasteiger charge is -2.40. The first kappa shape index (κ1) is 20.4. The van der Waals surface area contributed by atoms with E-state index in [0.29, 0.717) is 27.8 Å². The molecule has 0 aliphatic carbocycles. The van der Waals surface area contributed by atoms with Crippen molar-refractivity contribution >= 4 is 11.0 Å². The molecule has 0 amide bonds. The second-order valence-electron chi connectivity index (χ2n) is 7.19. The molecule has 0 bridgehead atoms. The molecule has 1 aliphatic rings. The van der Waals surface area contributed by atoms with Crippen molar-refractivity contribution in [2.24, 2.45) is 0 Å². The molecule has 30 heavy (non-hydrogen) atoms. The van der Waals surface area contributed by atoms with Gasteiger partial charge in [0.15, 0.2) is 5.43 Å². The number of benzene rings is 2. The lowest BCUT2D eigenvalue weighted by Crippen LogP contribution is -2.59. The van der Waals surface area contributed by atoms with E-state index in [2.05, 4.69) is 0 Å². The van der Waals surface area contributed by atoms with Crippen molar-refractivity contribution < 1.29 is 33.9 Å². The molecule has 2 aromatic carbocycles. The monoisotopic (exact) mass is 414 g/mol. The summed E-state index contributed by atoms with van der Waals surface area (Å²) >= 11 is 0. The number of ether oxygens (including phenoxy) is 3. The summed E-state index contributed by atoms with van der Waals surface area (Å²) in [5, 5.41) is 30.0. The Labute approximate surface area is 171 Å². The van der Waals surface area contributed by atoms with Crippen molar-refractivity contribution in [3.8, 4) is 22.6 Å². The number of hydrogen-bond acceptors (Lipinski definition) is 8. The zero-order valence-corrected chi connectivity index (χ0v) is 16.4. The second-order valence-corrected chi connectivity index (χ2v) is 7.19. The van der Waals surface area contributed by atoms with Gasteiger partial charge in [-0.25, -0.2) is 0 Å². The SMILES string of the molecule is COC1C(Oc2ccc3c(=O)c(-c4ccc(O)cc4)coc3c2)OC(C)C(O)C1O. The summed E-state index contributed by atoms with van der Waals surface area (Å²) in [6, 6.07) is 11.0. The molecule has 1 aromatic heterocycles. The molecule has 5 unspecified atom stereocenters. The van der Waals surface area contributed by atoms with Crippen molar-refractivity contribution in [3.63, 3.8) is 0 Å². The molecule has 8 heteroatoms. The minimum Gasteiger partial charge on any atom is -0.508 e. The maximum atomic E-state index is 12.9. The van der Waals surface area contributed by atoms with Crippen LogP contribution < -0.4 is 10.2 Å². The van der Waals surface area contributed by atoms with Gasteiger partial charge < -0.3 is 33.9 Å². The van der Waals surface area contributed by atoms with E-state index in [1.54, 1.807) is 37.3 Å². The average molecular weight is 414 g/mol. The van der Waals surface area contributed by atoms with Gasteiger partial charge in [0.2, 0.25) is 6.29 Å². The third-order valence-electron chi connectivity index (χ3n) is 5.23. The molecule has 0 spiro atoms. The maximum absolute atomic E-state index is 12.9. The first-order valence-corrected chi connectivity index (χ1v) is 9.45. The van der Waals surface area contributed by atoms with Gasteiger partial charge >= 0.3 is 0 Å². The molecule has 158 valence electrons. The molecule has 1 fully saturated rings. The van der Waals surface area contributed by atoms with Crippen molar-refractivity contribution in [2.75, 3.05) is 7.11 Å². The topological polar surface area (TPSA) is 119 Å². The number of aromatic hydroxyl groups is 1. The quantitative estimate of drug-likeness (QED) is 0.593. The predicted molar refractivity (Wildman–Crippen MR) is 107 cm³/mol. The Morgan fingerprint density at radius 1 is 1.03 bits per heavy atom. The molecular formula is C22H22O8. The van der Waals surface area contributed by atoms with Crippen molar-refractivity contribution in [2.45, 2.75) is 37.6 Å². The third-order valence-corrected chi connectivity index (χ3v) is 5.23. The van der Waals surface area contributed by atoms with Crippen LogP contribution >= 0.6 is 0 Å². The Hall–Kier alpha value is -2.91. The Kier molecular flexibility index (Phi) is 5.48. The van der Waals surface area contributed by atoms with E-state index in [1.165, 1.54) is 25.5 Å². The van der Waals surface area contributed by atoms with Crippen LogP contribution in [0.3, 0.4) is 0 Å². The highest BCUT2D eigenvalue weighted by Gasteiger charge is 2.44. The Morgan fingerprint density at radius 3 is 2.47 bits per heavy atom. The predicted octanol–water partition coefficient (Wildman–Crippen LogP) is 2.03. The van der Waals surface area contributed by atoms with E-state index in [1.807, 2.05) is 0 Å². The van der Waals surface area contributed by atoms with Crippen LogP contribution in [0, 0.1) is 0 Å². The summed E-state index contributed by atoms with van der Waals surface area (Å²) < 4.78 is 22.3. The van der Waals surface area contributed by atoms with Crippen molar-refractivity contribution in [1.29, 1.82) is 0 Å². The molecule has 8 nitrogen and oxygen atoms in total. The third kappa shape index (κ3) is 3.66. The van der Waals surface area contributed by atoms with E-state index >= 15 is 0 Å². The number of hydrogen-bond donors (Lipinski definition) is 3. The van der Waals surface area contributed by atoms with Gasteiger partial charge in [0.1, 0.15) is 41.7 Å². The summed E-state index contributed by atoms with van der Waals surface area (Å²) in [5.74, 6) is 0.461. The van der Waals surface area contributed by atoms with Gasteiger partial charge in [-0.2, -0.15) is 0 Å².